The molecule has 0 aliphatic rings. The van der Waals surface area contributed by atoms with Crippen molar-refractivity contribution in [2.45, 2.75) is 39.7 Å². The molecule has 1 N–H and O–H groups in total. The van der Waals surface area contributed by atoms with E-state index < -0.39 is 0 Å². The van der Waals surface area contributed by atoms with Crippen LogP contribution in [0.1, 0.15) is 50.8 Å². The SMILES string of the molecule is CC(=O)NC(C)c1ccc(C(C)C)cc1. The van der Waals surface area contributed by atoms with Crippen molar-refractivity contribution in [1.82, 2.24) is 5.32 Å². The molecule has 0 heterocycles. The highest BCUT2D eigenvalue weighted by Gasteiger charge is 2.06. The van der Waals surface area contributed by atoms with E-state index in [4.69, 9.17) is 0 Å². The van der Waals surface area contributed by atoms with E-state index in [0.29, 0.717) is 5.92 Å². The molecule has 1 rings (SSSR count). The van der Waals surface area contributed by atoms with Crippen LogP contribution >= 0.6 is 0 Å². The molecule has 1 unspecified atom stereocenters. The van der Waals surface area contributed by atoms with E-state index in [1.807, 2.05) is 6.92 Å². The van der Waals surface area contributed by atoms with Crippen molar-refractivity contribution >= 4 is 5.91 Å². The molecule has 15 heavy (non-hydrogen) atoms. The van der Waals surface area contributed by atoms with Gasteiger partial charge in [-0.05, 0) is 24.0 Å². The van der Waals surface area contributed by atoms with Crippen LogP contribution < -0.4 is 5.32 Å². The van der Waals surface area contributed by atoms with Crippen LogP contribution in [0.2, 0.25) is 0 Å². The van der Waals surface area contributed by atoms with Gasteiger partial charge in [-0.25, -0.2) is 0 Å². The minimum Gasteiger partial charge on any atom is -0.350 e. The van der Waals surface area contributed by atoms with Gasteiger partial charge in [0.1, 0.15) is 0 Å². The van der Waals surface area contributed by atoms with Gasteiger partial charge < -0.3 is 5.32 Å². The molecule has 0 spiro atoms. The molecular weight excluding hydrogens is 186 g/mol. The quantitative estimate of drug-likeness (QED) is 0.807. The minimum absolute atomic E-state index is 0.00966. The lowest BCUT2D eigenvalue weighted by molar-refractivity contribution is -0.119. The van der Waals surface area contributed by atoms with E-state index >= 15 is 0 Å². The first-order chi connectivity index (χ1) is 7.00. The van der Waals surface area contributed by atoms with Gasteiger partial charge in [-0.1, -0.05) is 38.1 Å². The molecule has 2 nitrogen and oxygen atoms in total. The molecule has 0 bridgehead atoms. The summed E-state index contributed by atoms with van der Waals surface area (Å²) >= 11 is 0. The number of hydrogen-bond acceptors (Lipinski definition) is 1. The van der Waals surface area contributed by atoms with Gasteiger partial charge in [0.15, 0.2) is 0 Å². The third-order valence-corrected chi connectivity index (χ3v) is 2.52. The van der Waals surface area contributed by atoms with Crippen molar-refractivity contribution in [3.05, 3.63) is 35.4 Å². The van der Waals surface area contributed by atoms with E-state index in [2.05, 4.69) is 43.4 Å². The van der Waals surface area contributed by atoms with Gasteiger partial charge in [0.05, 0.1) is 6.04 Å². The summed E-state index contributed by atoms with van der Waals surface area (Å²) in [5, 5.41) is 2.87. The summed E-state index contributed by atoms with van der Waals surface area (Å²) in [4.78, 5) is 10.9. The summed E-state index contributed by atoms with van der Waals surface area (Å²) in [6, 6.07) is 8.49. The first kappa shape index (κ1) is 11.8. The Labute approximate surface area is 91.7 Å². The number of carbonyl (C=O) groups excluding carboxylic acids is 1. The van der Waals surface area contributed by atoms with E-state index in [9.17, 15) is 4.79 Å². The van der Waals surface area contributed by atoms with Crippen molar-refractivity contribution in [2.75, 3.05) is 0 Å². The second kappa shape index (κ2) is 4.96. The van der Waals surface area contributed by atoms with Gasteiger partial charge in [0, 0.05) is 6.92 Å². The third kappa shape index (κ3) is 3.39. The van der Waals surface area contributed by atoms with Gasteiger partial charge >= 0.3 is 0 Å². The van der Waals surface area contributed by atoms with Crippen molar-refractivity contribution < 1.29 is 4.79 Å². The zero-order valence-corrected chi connectivity index (χ0v) is 9.87. The molecule has 1 atom stereocenters. The molecule has 0 fully saturated rings. The fourth-order valence-corrected chi connectivity index (χ4v) is 1.56. The zero-order valence-electron chi connectivity index (χ0n) is 9.87. The van der Waals surface area contributed by atoms with Gasteiger partial charge in [-0.2, -0.15) is 0 Å². The smallest absolute Gasteiger partial charge is 0.217 e. The number of carbonyl (C=O) groups is 1. The molecule has 0 radical (unpaired) electrons. The second-order valence-corrected chi connectivity index (χ2v) is 4.24. The number of hydrogen-bond donors (Lipinski definition) is 1. The van der Waals surface area contributed by atoms with E-state index in [1.165, 1.54) is 5.56 Å². The fourth-order valence-electron chi connectivity index (χ4n) is 1.56. The van der Waals surface area contributed by atoms with E-state index in [0.717, 1.165) is 5.56 Å². The fraction of sp³-hybridized carbons (Fsp3) is 0.462. The summed E-state index contributed by atoms with van der Waals surface area (Å²) in [5.41, 5.74) is 2.48. The lowest BCUT2D eigenvalue weighted by atomic mass is 10.00. The largest absolute Gasteiger partial charge is 0.350 e. The van der Waals surface area contributed by atoms with E-state index in [1.54, 1.807) is 6.92 Å². The average molecular weight is 205 g/mol. The van der Waals surface area contributed by atoms with Crippen LogP contribution in [-0.2, 0) is 4.79 Å². The second-order valence-electron chi connectivity index (χ2n) is 4.24. The highest BCUT2D eigenvalue weighted by molar-refractivity contribution is 5.73. The highest BCUT2D eigenvalue weighted by atomic mass is 16.1. The Kier molecular flexibility index (Phi) is 3.89. The molecule has 82 valence electrons. The Bertz CT molecular complexity index is 327. The molecule has 1 aromatic rings. The lowest BCUT2D eigenvalue weighted by Gasteiger charge is -2.14. The van der Waals surface area contributed by atoms with Crippen molar-refractivity contribution in [3.8, 4) is 0 Å². The maximum atomic E-state index is 10.9. The van der Waals surface area contributed by atoms with Crippen LogP contribution in [-0.4, -0.2) is 5.91 Å². The number of nitrogens with one attached hydrogen (secondary N) is 1. The Morgan fingerprint density at radius 2 is 1.53 bits per heavy atom. The molecule has 0 saturated heterocycles. The number of rotatable bonds is 3. The first-order valence-corrected chi connectivity index (χ1v) is 5.37. The summed E-state index contributed by atoms with van der Waals surface area (Å²) in [6.45, 7) is 7.88. The number of amides is 1. The van der Waals surface area contributed by atoms with Gasteiger partial charge in [-0.15, -0.1) is 0 Å². The zero-order chi connectivity index (χ0) is 11.4. The average Bonchev–Trinajstić information content (AvgIpc) is 2.17. The van der Waals surface area contributed by atoms with Crippen LogP contribution in [0.5, 0.6) is 0 Å². The third-order valence-electron chi connectivity index (χ3n) is 2.52. The molecule has 0 aromatic heterocycles. The van der Waals surface area contributed by atoms with Gasteiger partial charge in [-0.3, -0.25) is 4.79 Å². The van der Waals surface area contributed by atoms with Gasteiger partial charge in [0.25, 0.3) is 0 Å². The van der Waals surface area contributed by atoms with Crippen molar-refractivity contribution in [3.63, 3.8) is 0 Å². The highest BCUT2D eigenvalue weighted by Crippen LogP contribution is 2.18. The Balaban J connectivity index is 2.75. The molecule has 1 amide bonds. The van der Waals surface area contributed by atoms with Crippen molar-refractivity contribution in [2.24, 2.45) is 0 Å². The lowest BCUT2D eigenvalue weighted by Crippen LogP contribution is -2.23. The predicted molar refractivity (Wildman–Crippen MR) is 62.8 cm³/mol. The minimum atomic E-state index is 0.00966. The molecular formula is C13H19NO. The summed E-state index contributed by atoms with van der Waals surface area (Å²) < 4.78 is 0. The molecule has 0 saturated carbocycles. The maximum absolute atomic E-state index is 10.9. The first-order valence-electron chi connectivity index (χ1n) is 5.37. The number of benzene rings is 1. The van der Waals surface area contributed by atoms with Crippen LogP contribution in [0.4, 0.5) is 0 Å². The molecule has 0 aliphatic heterocycles. The monoisotopic (exact) mass is 205 g/mol. The van der Waals surface area contributed by atoms with Crippen molar-refractivity contribution in [1.29, 1.82) is 0 Å². The van der Waals surface area contributed by atoms with Crippen LogP contribution in [0.3, 0.4) is 0 Å². The molecule has 2 heteroatoms. The Morgan fingerprint density at radius 3 is 1.93 bits per heavy atom. The predicted octanol–water partition coefficient (Wildman–Crippen LogP) is 3.01. The van der Waals surface area contributed by atoms with Crippen LogP contribution in [0.15, 0.2) is 24.3 Å². The molecule has 0 aliphatic carbocycles. The standard InChI is InChI=1S/C13H19NO/c1-9(2)12-5-7-13(8-6-12)10(3)14-11(4)15/h5-10H,1-4H3,(H,14,15). The van der Waals surface area contributed by atoms with Crippen LogP contribution in [0, 0.1) is 0 Å². The maximum Gasteiger partial charge on any atom is 0.217 e. The Morgan fingerprint density at radius 1 is 1.07 bits per heavy atom. The Hall–Kier alpha value is -1.31. The van der Waals surface area contributed by atoms with E-state index in [-0.39, 0.29) is 11.9 Å². The normalized spacial score (nSPS) is 12.6. The van der Waals surface area contributed by atoms with Crippen LogP contribution in [0.25, 0.3) is 0 Å². The molecule has 1 aromatic carbocycles. The summed E-state index contributed by atoms with van der Waals surface area (Å²) in [5.74, 6) is 0.561. The topological polar surface area (TPSA) is 29.1 Å². The summed E-state index contributed by atoms with van der Waals surface area (Å²) in [7, 11) is 0. The summed E-state index contributed by atoms with van der Waals surface area (Å²) in [6.07, 6.45) is 0. The van der Waals surface area contributed by atoms with Gasteiger partial charge in [0.2, 0.25) is 5.91 Å².